The first-order chi connectivity index (χ1) is 15.8. The highest BCUT2D eigenvalue weighted by Gasteiger charge is 2.21. The molecule has 0 atom stereocenters. The third kappa shape index (κ3) is 5.42. The quantitative estimate of drug-likeness (QED) is 0.450. The number of para-hydroxylation sites is 1. The zero-order valence-electron chi connectivity index (χ0n) is 20.5. The van der Waals surface area contributed by atoms with Crippen LogP contribution in [-0.2, 0) is 24.3 Å². The smallest absolute Gasteiger partial charge is 0.341 e. The number of carbonyl (C=O) groups excluding carboxylic acids is 1. The summed E-state index contributed by atoms with van der Waals surface area (Å²) in [5.74, 6) is 0.571. The van der Waals surface area contributed by atoms with E-state index in [1.165, 1.54) is 12.7 Å². The number of esters is 1. The van der Waals surface area contributed by atoms with Crippen LogP contribution in [0.2, 0.25) is 0 Å². The largest absolute Gasteiger partial charge is 0.488 e. The Morgan fingerprint density at radius 1 is 1.03 bits per heavy atom. The van der Waals surface area contributed by atoms with Gasteiger partial charge in [-0.3, -0.25) is 4.98 Å². The van der Waals surface area contributed by atoms with Gasteiger partial charge in [0, 0.05) is 23.5 Å². The van der Waals surface area contributed by atoms with E-state index in [0.717, 1.165) is 45.6 Å². The van der Waals surface area contributed by atoms with Crippen molar-refractivity contribution in [3.63, 3.8) is 0 Å². The fourth-order valence-electron chi connectivity index (χ4n) is 4.12. The molecule has 0 amide bonds. The van der Waals surface area contributed by atoms with Crippen LogP contribution in [-0.4, -0.2) is 18.1 Å². The van der Waals surface area contributed by atoms with Gasteiger partial charge in [0.2, 0.25) is 0 Å². The summed E-state index contributed by atoms with van der Waals surface area (Å²) in [5, 5.41) is 0. The Bertz CT molecular complexity index is 1130. The Hall–Kier alpha value is -3.18. The molecule has 3 rings (SSSR count). The van der Waals surface area contributed by atoms with Gasteiger partial charge in [-0.2, -0.15) is 0 Å². The second kappa shape index (κ2) is 10.6. The van der Waals surface area contributed by atoms with Crippen LogP contribution < -0.4 is 10.5 Å². The predicted molar refractivity (Wildman–Crippen MR) is 132 cm³/mol. The number of pyridine rings is 1. The van der Waals surface area contributed by atoms with Crippen LogP contribution in [0.25, 0.3) is 11.1 Å². The minimum absolute atomic E-state index is 0.270. The van der Waals surface area contributed by atoms with E-state index in [9.17, 15) is 4.79 Å². The number of aryl methyl sites for hydroxylation is 3. The molecule has 5 heteroatoms. The number of methoxy groups -OCH3 is 1. The highest BCUT2D eigenvalue weighted by atomic mass is 16.5. The van der Waals surface area contributed by atoms with E-state index in [1.54, 1.807) is 6.07 Å². The van der Waals surface area contributed by atoms with Gasteiger partial charge in [0.1, 0.15) is 17.9 Å². The van der Waals surface area contributed by atoms with Crippen molar-refractivity contribution in [2.45, 2.75) is 54.2 Å². The van der Waals surface area contributed by atoms with Gasteiger partial charge in [0.05, 0.1) is 7.11 Å². The second-order valence-corrected chi connectivity index (χ2v) is 8.88. The van der Waals surface area contributed by atoms with Crippen molar-refractivity contribution in [2.75, 3.05) is 7.11 Å². The van der Waals surface area contributed by atoms with Crippen molar-refractivity contribution in [3.8, 4) is 16.9 Å². The molecule has 0 fully saturated rings. The van der Waals surface area contributed by atoms with Gasteiger partial charge in [-0.05, 0) is 61.4 Å². The number of nitrogens with two attached hydrogens (primary N) is 1. The first-order valence-corrected chi connectivity index (χ1v) is 11.4. The summed E-state index contributed by atoms with van der Waals surface area (Å²) < 4.78 is 11.2. The maximum atomic E-state index is 12.3. The average Bonchev–Trinajstić information content (AvgIpc) is 2.78. The van der Waals surface area contributed by atoms with E-state index in [2.05, 4.69) is 45.0 Å². The zero-order chi connectivity index (χ0) is 24.1. The summed E-state index contributed by atoms with van der Waals surface area (Å²) in [7, 11) is 1.37. The van der Waals surface area contributed by atoms with E-state index >= 15 is 0 Å². The number of rotatable bonds is 8. The van der Waals surface area contributed by atoms with Crippen LogP contribution in [0.4, 0.5) is 0 Å². The molecule has 3 aromatic rings. The summed E-state index contributed by atoms with van der Waals surface area (Å²) in [6.07, 6.45) is 0.859. The van der Waals surface area contributed by atoms with Crippen LogP contribution in [0.1, 0.15) is 57.8 Å². The second-order valence-electron chi connectivity index (χ2n) is 8.88. The van der Waals surface area contributed by atoms with Gasteiger partial charge in [0.25, 0.3) is 0 Å². The Balaban J connectivity index is 2.14. The molecule has 1 aromatic heterocycles. The SMILES string of the molecule is COC(=O)c1cccc(C)c1OCc1c(C)nc(CC(C)C)c(CN)c1-c1ccc(C)cc1. The third-order valence-electron chi connectivity index (χ3n) is 5.82. The Labute approximate surface area is 197 Å². The summed E-state index contributed by atoms with van der Waals surface area (Å²) in [6.45, 7) is 11.0. The van der Waals surface area contributed by atoms with Gasteiger partial charge in [-0.1, -0.05) is 55.8 Å². The maximum Gasteiger partial charge on any atom is 0.341 e. The molecule has 0 spiro atoms. The molecule has 2 N–H and O–H groups in total. The van der Waals surface area contributed by atoms with E-state index in [1.807, 2.05) is 26.0 Å². The number of hydrogen-bond donors (Lipinski definition) is 1. The van der Waals surface area contributed by atoms with Crippen molar-refractivity contribution in [1.29, 1.82) is 0 Å². The topological polar surface area (TPSA) is 74.4 Å². The molecule has 0 aliphatic carbocycles. The Kier molecular flexibility index (Phi) is 7.88. The van der Waals surface area contributed by atoms with Crippen LogP contribution in [0.3, 0.4) is 0 Å². The Morgan fingerprint density at radius 2 is 1.73 bits per heavy atom. The number of hydrogen-bond acceptors (Lipinski definition) is 5. The lowest BCUT2D eigenvalue weighted by Crippen LogP contribution is -2.15. The number of nitrogens with zero attached hydrogens (tertiary/aromatic N) is 1. The van der Waals surface area contributed by atoms with Gasteiger partial charge < -0.3 is 15.2 Å². The standard InChI is InChI=1S/C28H34N2O3/c1-17(2)14-25-23(15-29)26(21-12-10-18(3)11-13-21)24(20(5)30-25)16-33-27-19(4)8-7-9-22(27)28(31)32-6/h7-13,17H,14-16,29H2,1-6H3. The van der Waals surface area contributed by atoms with Gasteiger partial charge in [-0.25, -0.2) is 4.79 Å². The molecular weight excluding hydrogens is 412 g/mol. The van der Waals surface area contributed by atoms with Gasteiger partial charge in [-0.15, -0.1) is 0 Å². The first kappa shape index (κ1) is 24.5. The summed E-state index contributed by atoms with van der Waals surface area (Å²) in [4.78, 5) is 17.2. The lowest BCUT2D eigenvalue weighted by atomic mass is 9.90. The average molecular weight is 447 g/mol. The number of ether oxygens (including phenoxy) is 2. The number of aromatic nitrogens is 1. The fourth-order valence-corrected chi connectivity index (χ4v) is 4.12. The van der Waals surface area contributed by atoms with Crippen molar-refractivity contribution in [3.05, 3.63) is 81.7 Å². The van der Waals surface area contributed by atoms with Crippen molar-refractivity contribution in [1.82, 2.24) is 4.98 Å². The summed E-state index contributed by atoms with van der Waals surface area (Å²) >= 11 is 0. The molecule has 0 saturated heterocycles. The van der Waals surface area contributed by atoms with Crippen LogP contribution in [0.5, 0.6) is 5.75 Å². The van der Waals surface area contributed by atoms with Crippen LogP contribution >= 0.6 is 0 Å². The van der Waals surface area contributed by atoms with Crippen LogP contribution in [0, 0.1) is 26.7 Å². The van der Waals surface area contributed by atoms with E-state index < -0.39 is 5.97 Å². The minimum Gasteiger partial charge on any atom is -0.488 e. The van der Waals surface area contributed by atoms with Crippen molar-refractivity contribution >= 4 is 5.97 Å². The molecule has 33 heavy (non-hydrogen) atoms. The number of benzene rings is 2. The monoisotopic (exact) mass is 446 g/mol. The van der Waals surface area contributed by atoms with Crippen LogP contribution in [0.15, 0.2) is 42.5 Å². The third-order valence-corrected chi connectivity index (χ3v) is 5.82. The molecule has 0 unspecified atom stereocenters. The van der Waals surface area contributed by atoms with E-state index in [4.69, 9.17) is 20.2 Å². The molecule has 0 aliphatic rings. The molecule has 2 aromatic carbocycles. The molecule has 0 aliphatic heterocycles. The highest BCUT2D eigenvalue weighted by Crippen LogP contribution is 2.34. The van der Waals surface area contributed by atoms with Gasteiger partial charge in [0.15, 0.2) is 0 Å². The minimum atomic E-state index is -0.419. The molecule has 5 nitrogen and oxygen atoms in total. The molecule has 0 bridgehead atoms. The molecule has 174 valence electrons. The fraction of sp³-hybridized carbons (Fsp3) is 0.357. The van der Waals surface area contributed by atoms with Crippen molar-refractivity contribution in [2.24, 2.45) is 11.7 Å². The first-order valence-electron chi connectivity index (χ1n) is 11.4. The molecule has 1 heterocycles. The zero-order valence-corrected chi connectivity index (χ0v) is 20.5. The summed E-state index contributed by atoms with van der Waals surface area (Å²) in [5.41, 5.74) is 14.9. The lowest BCUT2D eigenvalue weighted by molar-refractivity contribution is 0.0595. The maximum absolute atomic E-state index is 12.3. The van der Waals surface area contributed by atoms with E-state index in [0.29, 0.717) is 23.8 Å². The van der Waals surface area contributed by atoms with Gasteiger partial charge >= 0.3 is 5.97 Å². The number of carbonyl (C=O) groups is 1. The molecule has 0 saturated carbocycles. The lowest BCUT2D eigenvalue weighted by Gasteiger charge is -2.22. The Morgan fingerprint density at radius 3 is 2.33 bits per heavy atom. The normalized spacial score (nSPS) is 11.0. The summed E-state index contributed by atoms with van der Waals surface area (Å²) in [6, 6.07) is 13.9. The molecular formula is C28H34N2O3. The van der Waals surface area contributed by atoms with Crippen molar-refractivity contribution < 1.29 is 14.3 Å². The van der Waals surface area contributed by atoms with E-state index in [-0.39, 0.29) is 6.61 Å². The molecule has 0 radical (unpaired) electrons. The highest BCUT2D eigenvalue weighted by molar-refractivity contribution is 5.93. The predicted octanol–water partition coefficient (Wildman–Crippen LogP) is 5.70.